The Balaban J connectivity index is 1.50. The summed E-state index contributed by atoms with van der Waals surface area (Å²) in [5, 5.41) is 8.14. The van der Waals surface area contributed by atoms with E-state index in [1.165, 1.54) is 23.3 Å². The van der Waals surface area contributed by atoms with E-state index in [0.29, 0.717) is 29.4 Å². The molecule has 0 fully saturated rings. The fourth-order valence-corrected chi connectivity index (χ4v) is 3.96. The molecule has 0 aliphatic carbocycles. The third-order valence-corrected chi connectivity index (χ3v) is 6.03. The summed E-state index contributed by atoms with van der Waals surface area (Å²) in [5.41, 5.74) is 0.341. The lowest BCUT2D eigenvalue weighted by molar-refractivity contribution is -0.137. The van der Waals surface area contributed by atoms with Crippen molar-refractivity contribution >= 4 is 27.4 Å². The van der Waals surface area contributed by atoms with E-state index < -0.39 is 11.7 Å². The van der Waals surface area contributed by atoms with Gasteiger partial charge in [0.15, 0.2) is 5.76 Å². The molecule has 0 radical (unpaired) electrons. The van der Waals surface area contributed by atoms with E-state index in [1.807, 2.05) is 0 Å². The minimum atomic E-state index is -4.37. The number of rotatable bonds is 4. The van der Waals surface area contributed by atoms with Crippen LogP contribution in [0.25, 0.3) is 21.5 Å². The van der Waals surface area contributed by atoms with E-state index in [9.17, 15) is 13.2 Å². The van der Waals surface area contributed by atoms with E-state index >= 15 is 0 Å². The van der Waals surface area contributed by atoms with E-state index in [4.69, 9.17) is 4.52 Å². The monoisotopic (exact) mass is 432 g/mol. The van der Waals surface area contributed by atoms with Crippen molar-refractivity contribution in [1.82, 2.24) is 15.1 Å². The van der Waals surface area contributed by atoms with Gasteiger partial charge in [0.1, 0.15) is 22.7 Å². The molecule has 4 aromatic rings. The highest BCUT2D eigenvalue weighted by molar-refractivity contribution is 7.18. The van der Waals surface area contributed by atoms with Gasteiger partial charge >= 0.3 is 6.18 Å². The molecule has 5 nitrogen and oxygen atoms in total. The maximum Gasteiger partial charge on any atom is 0.416 e. The van der Waals surface area contributed by atoms with Gasteiger partial charge in [-0.05, 0) is 23.6 Å². The molecule has 3 heterocycles. The first-order chi connectivity index (χ1) is 14.1. The number of aromatic nitrogens is 3. The van der Waals surface area contributed by atoms with Gasteiger partial charge in [-0.2, -0.15) is 13.2 Å². The molecule has 0 bridgehead atoms. The predicted octanol–water partition coefficient (Wildman–Crippen LogP) is 6.27. The summed E-state index contributed by atoms with van der Waals surface area (Å²) in [5.74, 6) is 1.24. The molecule has 9 heteroatoms. The molecular formula is C21H19F3N4OS. The molecular weight excluding hydrogens is 413 g/mol. The zero-order valence-electron chi connectivity index (χ0n) is 16.5. The normalized spacial score (nSPS) is 12.5. The van der Waals surface area contributed by atoms with Crippen LogP contribution in [0, 0.1) is 0 Å². The van der Waals surface area contributed by atoms with E-state index in [1.54, 1.807) is 17.4 Å². The van der Waals surface area contributed by atoms with Gasteiger partial charge in [-0.1, -0.05) is 38.1 Å². The number of halogens is 3. The van der Waals surface area contributed by atoms with Crippen LogP contribution in [-0.4, -0.2) is 15.1 Å². The highest BCUT2D eigenvalue weighted by Gasteiger charge is 2.30. The van der Waals surface area contributed by atoms with Crippen LogP contribution in [0.15, 0.2) is 47.2 Å². The predicted molar refractivity (Wildman–Crippen MR) is 110 cm³/mol. The number of hydrogen-bond donors (Lipinski definition) is 1. The maximum absolute atomic E-state index is 12.7. The first kappa shape index (κ1) is 20.3. The number of hydrogen-bond acceptors (Lipinski definition) is 6. The molecule has 0 amide bonds. The van der Waals surface area contributed by atoms with Gasteiger partial charge in [0.2, 0.25) is 0 Å². The molecule has 30 heavy (non-hydrogen) atoms. The van der Waals surface area contributed by atoms with Crippen LogP contribution in [0.3, 0.4) is 0 Å². The van der Waals surface area contributed by atoms with Crippen LogP contribution in [0.2, 0.25) is 0 Å². The fraction of sp³-hybridized carbons (Fsp3) is 0.286. The third kappa shape index (κ3) is 4.16. The van der Waals surface area contributed by atoms with E-state index in [2.05, 4.69) is 47.3 Å². The zero-order valence-corrected chi connectivity index (χ0v) is 17.4. The van der Waals surface area contributed by atoms with Gasteiger partial charge in [0.05, 0.1) is 17.5 Å². The molecule has 4 rings (SSSR count). The van der Waals surface area contributed by atoms with Crippen molar-refractivity contribution in [2.45, 2.75) is 38.9 Å². The third-order valence-electron chi connectivity index (χ3n) is 4.57. The van der Waals surface area contributed by atoms with Gasteiger partial charge in [0.25, 0.3) is 0 Å². The SMILES string of the molecule is CC(C)(C)c1cc2c(NCc3cc(-c4ccc(C(F)(F)F)cc4)no3)ncnc2s1. The van der Waals surface area contributed by atoms with Crippen molar-refractivity contribution in [3.05, 3.63) is 58.9 Å². The second-order valence-corrected chi connectivity index (χ2v) is 8.94. The van der Waals surface area contributed by atoms with Crippen molar-refractivity contribution in [1.29, 1.82) is 0 Å². The Kier molecular flexibility index (Phi) is 5.01. The molecule has 0 unspecified atom stereocenters. The van der Waals surface area contributed by atoms with Crippen molar-refractivity contribution in [3.8, 4) is 11.3 Å². The van der Waals surface area contributed by atoms with Gasteiger partial charge in [-0.3, -0.25) is 0 Å². The van der Waals surface area contributed by atoms with Crippen LogP contribution < -0.4 is 5.32 Å². The Labute approximate surface area is 175 Å². The van der Waals surface area contributed by atoms with Gasteiger partial charge in [-0.15, -0.1) is 11.3 Å². The number of nitrogens with zero attached hydrogens (tertiary/aromatic N) is 3. The lowest BCUT2D eigenvalue weighted by Gasteiger charge is -2.14. The number of benzene rings is 1. The summed E-state index contributed by atoms with van der Waals surface area (Å²) in [4.78, 5) is 10.8. The zero-order chi connectivity index (χ0) is 21.5. The topological polar surface area (TPSA) is 63.8 Å². The maximum atomic E-state index is 12.7. The molecule has 3 aromatic heterocycles. The standard InChI is InChI=1S/C21H19F3N4OS/c1-20(2,3)17-9-15-18(26-11-27-19(15)30-17)25-10-14-8-16(28-29-14)12-4-6-13(7-5-12)21(22,23)24/h4-9,11H,10H2,1-3H3,(H,25,26,27). The number of thiophene rings is 1. The first-order valence-electron chi connectivity index (χ1n) is 9.23. The van der Waals surface area contributed by atoms with Crippen LogP contribution >= 0.6 is 11.3 Å². The van der Waals surface area contributed by atoms with Crippen molar-refractivity contribution in [3.63, 3.8) is 0 Å². The second-order valence-electron chi connectivity index (χ2n) is 7.91. The van der Waals surface area contributed by atoms with Crippen molar-refractivity contribution in [2.75, 3.05) is 5.32 Å². The van der Waals surface area contributed by atoms with Crippen molar-refractivity contribution < 1.29 is 17.7 Å². The van der Waals surface area contributed by atoms with Crippen LogP contribution in [-0.2, 0) is 18.1 Å². The lowest BCUT2D eigenvalue weighted by atomic mass is 9.94. The summed E-state index contributed by atoms with van der Waals surface area (Å²) in [6, 6.07) is 8.61. The quantitative estimate of drug-likeness (QED) is 0.411. The lowest BCUT2D eigenvalue weighted by Crippen LogP contribution is -2.07. The minimum Gasteiger partial charge on any atom is -0.362 e. The minimum absolute atomic E-state index is 0.0180. The number of anilines is 1. The molecule has 0 saturated heterocycles. The largest absolute Gasteiger partial charge is 0.416 e. The molecule has 0 atom stereocenters. The summed E-state index contributed by atoms with van der Waals surface area (Å²) >= 11 is 1.64. The van der Waals surface area contributed by atoms with Gasteiger partial charge < -0.3 is 9.84 Å². The van der Waals surface area contributed by atoms with E-state index in [-0.39, 0.29) is 5.41 Å². The van der Waals surface area contributed by atoms with E-state index in [0.717, 1.165) is 22.3 Å². The smallest absolute Gasteiger partial charge is 0.362 e. The summed E-state index contributed by atoms with van der Waals surface area (Å²) in [6.45, 7) is 6.78. The van der Waals surface area contributed by atoms with Crippen LogP contribution in [0.4, 0.5) is 19.0 Å². The summed E-state index contributed by atoms with van der Waals surface area (Å²) in [7, 11) is 0. The van der Waals surface area contributed by atoms with Crippen LogP contribution in [0.1, 0.15) is 37.0 Å². The Bertz CT molecular complexity index is 1170. The number of fused-ring (bicyclic) bond motifs is 1. The Morgan fingerprint density at radius 3 is 2.43 bits per heavy atom. The number of nitrogens with one attached hydrogen (secondary N) is 1. The average molecular weight is 432 g/mol. The second kappa shape index (κ2) is 7.39. The molecule has 0 saturated carbocycles. The number of alkyl halides is 3. The highest BCUT2D eigenvalue weighted by atomic mass is 32.1. The molecule has 1 aromatic carbocycles. The Hall–Kier alpha value is -2.94. The Morgan fingerprint density at radius 1 is 1.03 bits per heavy atom. The van der Waals surface area contributed by atoms with Gasteiger partial charge in [-0.25, -0.2) is 9.97 Å². The van der Waals surface area contributed by atoms with Crippen molar-refractivity contribution in [2.24, 2.45) is 0 Å². The summed E-state index contributed by atoms with van der Waals surface area (Å²) in [6.07, 6.45) is -2.85. The highest BCUT2D eigenvalue weighted by Crippen LogP contribution is 2.35. The fourth-order valence-electron chi connectivity index (χ4n) is 2.90. The first-order valence-corrected chi connectivity index (χ1v) is 10.0. The summed E-state index contributed by atoms with van der Waals surface area (Å²) < 4.78 is 43.5. The van der Waals surface area contributed by atoms with Gasteiger partial charge in [0, 0.05) is 16.5 Å². The molecule has 0 aliphatic rings. The average Bonchev–Trinajstić information content (AvgIpc) is 3.33. The molecule has 0 spiro atoms. The molecule has 156 valence electrons. The molecule has 0 aliphatic heterocycles. The van der Waals surface area contributed by atoms with Crippen LogP contribution in [0.5, 0.6) is 0 Å². The Morgan fingerprint density at radius 2 is 1.77 bits per heavy atom. The molecule has 1 N–H and O–H groups in total.